The molecule has 1 aromatic heterocycles. The molecule has 4 aromatic rings. The lowest BCUT2D eigenvalue weighted by Crippen LogP contribution is -2.19. The van der Waals surface area contributed by atoms with Crippen LogP contribution in [0.4, 0.5) is 16.2 Å². The third-order valence-corrected chi connectivity index (χ3v) is 5.48. The molecule has 3 aromatic carbocycles. The lowest BCUT2D eigenvalue weighted by molar-refractivity contribution is 0.262. The molecular weight excluding hydrogens is 396 g/mol. The van der Waals surface area contributed by atoms with Crippen LogP contribution >= 0.6 is 0 Å². The Bertz CT molecular complexity index is 1220. The number of nitrogens with one attached hydrogen (secondary N) is 2. The maximum Gasteiger partial charge on any atom is 0.323 e. The molecular formula is C27H30N4O. The first-order valence-electron chi connectivity index (χ1n) is 11.2. The van der Waals surface area contributed by atoms with E-state index in [1.54, 1.807) is 0 Å². The van der Waals surface area contributed by atoms with Gasteiger partial charge in [-0.25, -0.2) is 9.78 Å². The van der Waals surface area contributed by atoms with Crippen LogP contribution in [-0.4, -0.2) is 15.6 Å². The van der Waals surface area contributed by atoms with Crippen molar-refractivity contribution < 1.29 is 4.79 Å². The Morgan fingerprint density at radius 3 is 2.41 bits per heavy atom. The summed E-state index contributed by atoms with van der Waals surface area (Å²) in [5, 5.41) is 5.87. The fourth-order valence-corrected chi connectivity index (χ4v) is 4.19. The second kappa shape index (κ2) is 9.69. The van der Waals surface area contributed by atoms with Crippen molar-refractivity contribution in [1.82, 2.24) is 9.55 Å². The number of rotatable bonds is 7. The molecule has 0 atom stereocenters. The smallest absolute Gasteiger partial charge is 0.323 e. The van der Waals surface area contributed by atoms with Crippen LogP contribution in [0, 0.1) is 13.8 Å². The molecule has 0 aliphatic rings. The summed E-state index contributed by atoms with van der Waals surface area (Å²) >= 11 is 0. The quantitative estimate of drug-likeness (QED) is 0.355. The number of fused-ring (bicyclic) bond motifs is 1. The summed E-state index contributed by atoms with van der Waals surface area (Å²) in [5.41, 5.74) is 7.24. The van der Waals surface area contributed by atoms with Crippen LogP contribution < -0.4 is 10.6 Å². The average molecular weight is 427 g/mol. The molecule has 0 radical (unpaired) electrons. The summed E-state index contributed by atoms with van der Waals surface area (Å²) in [5.74, 6) is 1.11. The Labute approximate surface area is 189 Å². The van der Waals surface area contributed by atoms with Crippen LogP contribution in [-0.2, 0) is 19.4 Å². The zero-order valence-electron chi connectivity index (χ0n) is 19.0. The second-order valence-electron chi connectivity index (χ2n) is 8.32. The predicted molar refractivity (Wildman–Crippen MR) is 132 cm³/mol. The lowest BCUT2D eigenvalue weighted by Gasteiger charge is -2.11. The van der Waals surface area contributed by atoms with Crippen molar-refractivity contribution in [2.24, 2.45) is 0 Å². The van der Waals surface area contributed by atoms with Crippen LogP contribution in [0.3, 0.4) is 0 Å². The first-order valence-corrected chi connectivity index (χ1v) is 11.2. The van der Waals surface area contributed by atoms with Gasteiger partial charge in [-0.2, -0.15) is 0 Å². The van der Waals surface area contributed by atoms with Crippen LogP contribution in [0.1, 0.15) is 35.9 Å². The number of hydrogen-bond donors (Lipinski definition) is 2. The zero-order chi connectivity index (χ0) is 22.5. The summed E-state index contributed by atoms with van der Waals surface area (Å²) in [4.78, 5) is 17.3. The predicted octanol–water partition coefficient (Wildman–Crippen LogP) is 6.49. The van der Waals surface area contributed by atoms with E-state index < -0.39 is 0 Å². The summed E-state index contributed by atoms with van der Waals surface area (Å²) in [7, 11) is 0. The minimum absolute atomic E-state index is 0.239. The van der Waals surface area contributed by atoms with Gasteiger partial charge < -0.3 is 15.2 Å². The molecule has 2 N–H and O–H groups in total. The number of amides is 2. The number of aromatic nitrogens is 2. The van der Waals surface area contributed by atoms with Crippen LogP contribution in [0.5, 0.6) is 0 Å². The molecule has 2 amide bonds. The van der Waals surface area contributed by atoms with E-state index in [1.165, 1.54) is 11.1 Å². The first kappa shape index (κ1) is 21.6. The number of carbonyl (C=O) groups excluding carboxylic acids is 1. The van der Waals surface area contributed by atoms with Gasteiger partial charge in [0.05, 0.1) is 11.0 Å². The van der Waals surface area contributed by atoms with Gasteiger partial charge in [0.2, 0.25) is 0 Å². The van der Waals surface area contributed by atoms with E-state index in [4.69, 9.17) is 4.98 Å². The molecule has 5 heteroatoms. The molecule has 0 saturated carbocycles. The average Bonchev–Trinajstić information content (AvgIpc) is 3.09. The lowest BCUT2D eigenvalue weighted by atomic mass is 10.1. The van der Waals surface area contributed by atoms with E-state index in [-0.39, 0.29) is 6.03 Å². The number of imidazole rings is 1. The number of anilines is 2. The molecule has 0 spiro atoms. The minimum atomic E-state index is -0.239. The number of urea groups is 1. The number of hydrogen-bond acceptors (Lipinski definition) is 2. The Morgan fingerprint density at radius 2 is 1.62 bits per heavy atom. The fraction of sp³-hybridized carbons (Fsp3) is 0.259. The van der Waals surface area contributed by atoms with Crippen LogP contribution in [0.25, 0.3) is 11.0 Å². The third-order valence-electron chi connectivity index (χ3n) is 5.48. The molecule has 0 saturated heterocycles. The fourth-order valence-electron chi connectivity index (χ4n) is 4.19. The van der Waals surface area contributed by atoms with Crippen molar-refractivity contribution >= 4 is 28.4 Å². The van der Waals surface area contributed by atoms with Gasteiger partial charge in [0, 0.05) is 24.3 Å². The topological polar surface area (TPSA) is 59.0 Å². The maximum absolute atomic E-state index is 12.5. The molecule has 4 rings (SSSR count). The van der Waals surface area contributed by atoms with E-state index in [0.717, 1.165) is 59.7 Å². The molecule has 0 aliphatic heterocycles. The van der Waals surface area contributed by atoms with Gasteiger partial charge in [-0.15, -0.1) is 0 Å². The molecule has 32 heavy (non-hydrogen) atoms. The van der Waals surface area contributed by atoms with Crippen molar-refractivity contribution in [1.29, 1.82) is 0 Å². The van der Waals surface area contributed by atoms with Crippen molar-refractivity contribution in [2.45, 2.75) is 46.6 Å². The first-order chi connectivity index (χ1) is 15.5. The third kappa shape index (κ3) is 5.17. The molecule has 1 heterocycles. The maximum atomic E-state index is 12.5. The number of aryl methyl sites for hydroxylation is 5. The van der Waals surface area contributed by atoms with E-state index in [9.17, 15) is 4.79 Å². The van der Waals surface area contributed by atoms with Gasteiger partial charge in [0.1, 0.15) is 5.82 Å². The van der Waals surface area contributed by atoms with Crippen molar-refractivity contribution in [2.75, 3.05) is 10.6 Å². The molecule has 0 aliphatic carbocycles. The number of benzene rings is 3. The van der Waals surface area contributed by atoms with E-state index in [1.807, 2.05) is 50.2 Å². The zero-order valence-corrected chi connectivity index (χ0v) is 19.0. The molecule has 0 fully saturated rings. The summed E-state index contributed by atoms with van der Waals surface area (Å²) in [6.45, 7) is 7.20. The van der Waals surface area contributed by atoms with Gasteiger partial charge in [0.25, 0.3) is 0 Å². The Balaban J connectivity index is 1.43. The Morgan fingerprint density at radius 1 is 0.875 bits per heavy atom. The van der Waals surface area contributed by atoms with E-state index in [2.05, 4.69) is 52.5 Å². The van der Waals surface area contributed by atoms with Gasteiger partial charge in [-0.1, -0.05) is 37.3 Å². The van der Waals surface area contributed by atoms with Gasteiger partial charge >= 0.3 is 6.03 Å². The van der Waals surface area contributed by atoms with Crippen LogP contribution in [0.2, 0.25) is 0 Å². The van der Waals surface area contributed by atoms with E-state index in [0.29, 0.717) is 0 Å². The summed E-state index contributed by atoms with van der Waals surface area (Å²) in [6, 6.07) is 22.1. The molecule has 0 unspecified atom stereocenters. The van der Waals surface area contributed by atoms with E-state index >= 15 is 0 Å². The highest BCUT2D eigenvalue weighted by atomic mass is 16.2. The van der Waals surface area contributed by atoms with Crippen molar-refractivity contribution in [3.05, 3.63) is 89.2 Å². The van der Waals surface area contributed by atoms with Gasteiger partial charge in [-0.3, -0.25) is 0 Å². The minimum Gasteiger partial charge on any atom is -0.328 e. The molecule has 5 nitrogen and oxygen atoms in total. The highest BCUT2D eigenvalue weighted by molar-refractivity contribution is 5.99. The largest absolute Gasteiger partial charge is 0.328 e. The molecule has 0 bridgehead atoms. The van der Waals surface area contributed by atoms with Gasteiger partial charge in [0.15, 0.2) is 0 Å². The van der Waals surface area contributed by atoms with Crippen LogP contribution in [0.15, 0.2) is 66.7 Å². The number of nitrogens with zero attached hydrogens (tertiary/aromatic N) is 2. The number of carbonyl (C=O) groups is 1. The summed E-state index contributed by atoms with van der Waals surface area (Å²) in [6.07, 6.45) is 2.79. The molecule has 164 valence electrons. The van der Waals surface area contributed by atoms with Crippen molar-refractivity contribution in [3.8, 4) is 0 Å². The Kier molecular flexibility index (Phi) is 6.55. The van der Waals surface area contributed by atoms with Gasteiger partial charge in [-0.05, 0) is 79.8 Å². The Hall–Kier alpha value is -3.60. The number of para-hydroxylation sites is 2. The van der Waals surface area contributed by atoms with Crippen molar-refractivity contribution in [3.63, 3.8) is 0 Å². The standard InChI is InChI=1S/C27H30N4O/c1-4-14-31-25-11-6-5-10-24(25)30-26(31)13-12-21-8-7-9-22(18-21)28-27(32)29-23-16-19(2)15-20(3)17-23/h5-11,15-18H,4,12-14H2,1-3H3,(H2,28,29,32). The SMILES string of the molecule is CCCn1c(CCc2cccc(NC(=O)Nc3cc(C)cc(C)c3)c2)nc2ccccc21. The highest BCUT2D eigenvalue weighted by Crippen LogP contribution is 2.20. The second-order valence-corrected chi connectivity index (χ2v) is 8.32. The normalized spacial score (nSPS) is 11.0. The summed E-state index contributed by atoms with van der Waals surface area (Å²) < 4.78 is 2.33. The highest BCUT2D eigenvalue weighted by Gasteiger charge is 2.10. The monoisotopic (exact) mass is 426 g/mol.